The highest BCUT2D eigenvalue weighted by atomic mass is 127. The molecule has 1 aromatic heterocycles. The van der Waals surface area contributed by atoms with Gasteiger partial charge in [0.15, 0.2) is 17.5 Å². The van der Waals surface area contributed by atoms with Crippen molar-refractivity contribution in [1.82, 2.24) is 19.6 Å². The van der Waals surface area contributed by atoms with Crippen LogP contribution in [-0.4, -0.2) is 67.2 Å². The van der Waals surface area contributed by atoms with Gasteiger partial charge in [0.1, 0.15) is 5.82 Å². The molecule has 0 unspecified atom stereocenters. The lowest BCUT2D eigenvalue weighted by molar-refractivity contribution is 0.310. The number of halogens is 1. The average molecular weight is 546 g/mol. The number of aryl methyl sites for hydroxylation is 1. The number of benzene rings is 1. The molecule has 0 amide bonds. The molecule has 0 aliphatic carbocycles. The summed E-state index contributed by atoms with van der Waals surface area (Å²) >= 11 is 1.49. The van der Waals surface area contributed by atoms with E-state index in [4.69, 9.17) is 9.47 Å². The van der Waals surface area contributed by atoms with E-state index >= 15 is 0 Å². The van der Waals surface area contributed by atoms with Gasteiger partial charge in [-0.2, -0.15) is 4.37 Å². The van der Waals surface area contributed by atoms with E-state index in [9.17, 15) is 0 Å². The van der Waals surface area contributed by atoms with Gasteiger partial charge in [0.2, 0.25) is 5.13 Å². The third-order valence-corrected chi connectivity index (χ3v) is 5.63. The van der Waals surface area contributed by atoms with E-state index < -0.39 is 0 Å². The summed E-state index contributed by atoms with van der Waals surface area (Å²) in [6.07, 6.45) is 0.878. The number of hydrogen-bond acceptors (Lipinski definition) is 7. The van der Waals surface area contributed by atoms with Crippen LogP contribution < -0.4 is 19.7 Å². The highest BCUT2D eigenvalue weighted by Gasteiger charge is 2.22. The maximum absolute atomic E-state index is 5.59. The van der Waals surface area contributed by atoms with Crippen molar-refractivity contribution < 1.29 is 9.47 Å². The normalized spacial score (nSPS) is 14.3. The van der Waals surface area contributed by atoms with Gasteiger partial charge in [-0.05, 0) is 24.6 Å². The summed E-state index contributed by atoms with van der Waals surface area (Å²) < 4.78 is 15.4. The maximum Gasteiger partial charge on any atom is 0.205 e. The van der Waals surface area contributed by atoms with Gasteiger partial charge >= 0.3 is 0 Å². The highest BCUT2D eigenvalue weighted by molar-refractivity contribution is 14.0. The molecule has 8 nitrogen and oxygen atoms in total. The highest BCUT2D eigenvalue weighted by Crippen LogP contribution is 2.28. The molecule has 0 bridgehead atoms. The average Bonchev–Trinajstić information content (AvgIpc) is 3.25. The third-order valence-electron chi connectivity index (χ3n) is 4.81. The second-order valence-electron chi connectivity index (χ2n) is 6.64. The predicted molar refractivity (Wildman–Crippen MR) is 133 cm³/mol. The number of ether oxygens (including phenoxy) is 2. The first-order valence-electron chi connectivity index (χ1n) is 10.0. The fourth-order valence-corrected chi connectivity index (χ4v) is 4.04. The van der Waals surface area contributed by atoms with Crippen LogP contribution in [0.1, 0.15) is 25.2 Å². The molecule has 166 valence electrons. The van der Waals surface area contributed by atoms with Gasteiger partial charge in [-0.3, -0.25) is 4.99 Å². The van der Waals surface area contributed by atoms with Crippen LogP contribution in [0.4, 0.5) is 5.13 Å². The first-order valence-corrected chi connectivity index (χ1v) is 10.8. The molecule has 0 radical (unpaired) electrons. The number of hydrogen-bond donors (Lipinski definition) is 1. The second-order valence-corrected chi connectivity index (χ2v) is 7.37. The van der Waals surface area contributed by atoms with Gasteiger partial charge in [-0.25, -0.2) is 4.98 Å². The van der Waals surface area contributed by atoms with Crippen molar-refractivity contribution in [3.63, 3.8) is 0 Å². The summed E-state index contributed by atoms with van der Waals surface area (Å²) in [5.41, 5.74) is 1.12. The van der Waals surface area contributed by atoms with Crippen LogP contribution in [0.25, 0.3) is 0 Å². The summed E-state index contributed by atoms with van der Waals surface area (Å²) in [5, 5.41) is 4.48. The Balaban J connectivity index is 0.00000320. The summed E-state index contributed by atoms with van der Waals surface area (Å²) in [5.74, 6) is 3.35. The van der Waals surface area contributed by atoms with Crippen LogP contribution in [0, 0.1) is 0 Å². The lowest BCUT2D eigenvalue weighted by Gasteiger charge is -2.36. The van der Waals surface area contributed by atoms with E-state index in [1.54, 1.807) is 7.11 Å². The number of rotatable bonds is 7. The zero-order valence-corrected chi connectivity index (χ0v) is 21.2. The molecule has 30 heavy (non-hydrogen) atoms. The SMILES string of the molecule is CCOc1ccc(CNC(=NC)N2CCN(c3nc(CC)ns3)CC2)cc1OC.I. The van der Waals surface area contributed by atoms with Gasteiger partial charge in [-0.15, -0.1) is 24.0 Å². The van der Waals surface area contributed by atoms with Crippen molar-refractivity contribution in [3.8, 4) is 11.5 Å². The quantitative estimate of drug-likeness (QED) is 0.325. The molecule has 3 rings (SSSR count). The molecule has 1 saturated heterocycles. The van der Waals surface area contributed by atoms with Crippen LogP contribution in [0.15, 0.2) is 23.2 Å². The Labute approximate surface area is 199 Å². The monoisotopic (exact) mass is 546 g/mol. The Kier molecular flexibility index (Phi) is 9.89. The van der Waals surface area contributed by atoms with Crippen LogP contribution >= 0.6 is 35.5 Å². The maximum atomic E-state index is 5.59. The van der Waals surface area contributed by atoms with Crippen LogP contribution in [-0.2, 0) is 13.0 Å². The van der Waals surface area contributed by atoms with Crippen LogP contribution in [0.2, 0.25) is 0 Å². The first-order chi connectivity index (χ1) is 14.2. The van der Waals surface area contributed by atoms with Gasteiger partial charge in [-0.1, -0.05) is 13.0 Å². The molecule has 1 aliphatic heterocycles. The standard InChI is InChI=1S/C20H30N6O2S.HI/c1-5-18-23-20(29-24-18)26-11-9-25(10-12-26)19(21-3)22-14-15-7-8-16(28-6-2)17(13-15)27-4;/h7-8,13H,5-6,9-12,14H2,1-4H3,(H,21,22);1H. The lowest BCUT2D eigenvalue weighted by atomic mass is 10.2. The number of guanidine groups is 1. The van der Waals surface area contributed by atoms with E-state index in [0.29, 0.717) is 13.2 Å². The number of anilines is 1. The van der Waals surface area contributed by atoms with Crippen molar-refractivity contribution in [2.45, 2.75) is 26.8 Å². The summed E-state index contributed by atoms with van der Waals surface area (Å²) in [6.45, 7) is 8.95. The number of piperazine rings is 1. The minimum absolute atomic E-state index is 0. The van der Waals surface area contributed by atoms with Crippen molar-refractivity contribution in [2.75, 3.05) is 51.8 Å². The zero-order valence-electron chi connectivity index (χ0n) is 18.1. The first kappa shape index (κ1) is 24.4. The summed E-state index contributed by atoms with van der Waals surface area (Å²) in [7, 11) is 3.49. The molecule has 1 aromatic carbocycles. The minimum Gasteiger partial charge on any atom is -0.493 e. The van der Waals surface area contributed by atoms with Gasteiger partial charge in [0.05, 0.1) is 13.7 Å². The van der Waals surface area contributed by atoms with Crippen molar-refractivity contribution >= 4 is 46.6 Å². The Morgan fingerprint density at radius 1 is 1.20 bits per heavy atom. The van der Waals surface area contributed by atoms with Crippen molar-refractivity contribution in [1.29, 1.82) is 0 Å². The molecular weight excluding hydrogens is 515 g/mol. The van der Waals surface area contributed by atoms with E-state index in [2.05, 4.69) is 36.4 Å². The van der Waals surface area contributed by atoms with Crippen LogP contribution in [0.5, 0.6) is 11.5 Å². The van der Waals surface area contributed by atoms with E-state index in [0.717, 1.165) is 66.6 Å². The van der Waals surface area contributed by atoms with Crippen molar-refractivity contribution in [3.05, 3.63) is 29.6 Å². The molecule has 0 saturated carbocycles. The number of nitrogens with one attached hydrogen (secondary N) is 1. The van der Waals surface area contributed by atoms with Crippen LogP contribution in [0.3, 0.4) is 0 Å². The number of aliphatic imine (C=N–C) groups is 1. The molecule has 0 spiro atoms. The molecule has 0 atom stereocenters. The number of methoxy groups -OCH3 is 1. The molecule has 10 heteroatoms. The molecule has 1 aliphatic rings. The zero-order chi connectivity index (χ0) is 20.6. The summed E-state index contributed by atoms with van der Waals surface area (Å²) in [6, 6.07) is 6.00. The fourth-order valence-electron chi connectivity index (χ4n) is 3.24. The Hall–Kier alpha value is -1.82. The molecule has 2 heterocycles. The molecule has 1 N–H and O–H groups in total. The topological polar surface area (TPSA) is 75.1 Å². The Bertz CT molecular complexity index is 823. The fraction of sp³-hybridized carbons (Fsp3) is 0.550. The Morgan fingerprint density at radius 3 is 2.57 bits per heavy atom. The smallest absolute Gasteiger partial charge is 0.205 e. The molecule has 2 aromatic rings. The minimum atomic E-state index is 0. The number of nitrogens with zero attached hydrogens (tertiary/aromatic N) is 5. The second kappa shape index (κ2) is 12.1. The third kappa shape index (κ3) is 6.10. The largest absolute Gasteiger partial charge is 0.493 e. The molecule has 1 fully saturated rings. The van der Waals surface area contributed by atoms with Crippen molar-refractivity contribution in [2.24, 2.45) is 4.99 Å². The van der Waals surface area contributed by atoms with Gasteiger partial charge < -0.3 is 24.6 Å². The van der Waals surface area contributed by atoms with E-state index in [1.165, 1.54) is 11.5 Å². The lowest BCUT2D eigenvalue weighted by Crippen LogP contribution is -2.52. The predicted octanol–water partition coefficient (Wildman–Crippen LogP) is 3.02. The van der Waals surface area contributed by atoms with Gasteiger partial charge in [0, 0.05) is 57.7 Å². The molecular formula is C20H31IN6O2S. The number of aromatic nitrogens is 2. The Morgan fingerprint density at radius 2 is 1.97 bits per heavy atom. The van der Waals surface area contributed by atoms with E-state index in [-0.39, 0.29) is 24.0 Å². The van der Waals surface area contributed by atoms with E-state index in [1.807, 2.05) is 32.2 Å². The van der Waals surface area contributed by atoms with Gasteiger partial charge in [0.25, 0.3) is 0 Å². The summed E-state index contributed by atoms with van der Waals surface area (Å²) in [4.78, 5) is 13.7.